The minimum Gasteiger partial charge on any atom is -0.343 e. The molecule has 0 aliphatic carbocycles. The first kappa shape index (κ1) is 9.03. The Bertz CT molecular complexity index is 182. The summed E-state index contributed by atoms with van der Waals surface area (Å²) in [5, 5.41) is 0. The predicted molar refractivity (Wildman–Crippen MR) is 44.5 cm³/mol. The van der Waals surface area contributed by atoms with E-state index in [4.69, 9.17) is 0 Å². The van der Waals surface area contributed by atoms with Crippen LogP contribution < -0.4 is 0 Å². The van der Waals surface area contributed by atoms with Crippen LogP contribution in [-0.4, -0.2) is 48.3 Å². The maximum atomic E-state index is 11.0. The zero-order chi connectivity index (χ0) is 8.97. The summed E-state index contributed by atoms with van der Waals surface area (Å²) in [6.07, 6.45) is 1.74. The first-order chi connectivity index (χ1) is 5.74. The molecule has 0 aromatic carbocycles. The molecular formula is C8H14N2O2. The van der Waals surface area contributed by atoms with Gasteiger partial charge in [0.25, 0.3) is 0 Å². The standard InChI is InChI=1S/C8H14N2O2/c1-8(12)10-4-2-3-9(7-11)5-6-10/h7H,2-6H2,1H3. The van der Waals surface area contributed by atoms with E-state index in [1.165, 1.54) is 0 Å². The van der Waals surface area contributed by atoms with Crippen molar-refractivity contribution in [1.82, 2.24) is 9.80 Å². The summed E-state index contributed by atoms with van der Waals surface area (Å²) in [6, 6.07) is 0. The smallest absolute Gasteiger partial charge is 0.219 e. The van der Waals surface area contributed by atoms with Crippen LogP contribution in [0.5, 0.6) is 0 Å². The van der Waals surface area contributed by atoms with Crippen molar-refractivity contribution in [2.45, 2.75) is 13.3 Å². The zero-order valence-electron chi connectivity index (χ0n) is 7.32. The van der Waals surface area contributed by atoms with Crippen molar-refractivity contribution in [3.05, 3.63) is 0 Å². The maximum Gasteiger partial charge on any atom is 0.219 e. The normalized spacial score (nSPS) is 18.8. The quantitative estimate of drug-likeness (QED) is 0.507. The van der Waals surface area contributed by atoms with E-state index < -0.39 is 0 Å². The highest BCUT2D eigenvalue weighted by Crippen LogP contribution is 2.00. The van der Waals surface area contributed by atoms with Crippen LogP contribution in [0.4, 0.5) is 0 Å². The largest absolute Gasteiger partial charge is 0.343 e. The maximum absolute atomic E-state index is 11.0. The van der Waals surface area contributed by atoms with Crippen molar-refractivity contribution >= 4 is 12.3 Å². The Morgan fingerprint density at radius 2 is 2.00 bits per heavy atom. The average molecular weight is 170 g/mol. The van der Waals surface area contributed by atoms with Crippen molar-refractivity contribution in [3.63, 3.8) is 0 Å². The highest BCUT2D eigenvalue weighted by atomic mass is 16.2. The Morgan fingerprint density at radius 1 is 1.25 bits per heavy atom. The Balaban J connectivity index is 2.44. The molecule has 4 heteroatoms. The molecule has 0 saturated carbocycles. The highest BCUT2D eigenvalue weighted by molar-refractivity contribution is 5.73. The van der Waals surface area contributed by atoms with Gasteiger partial charge in [-0.3, -0.25) is 9.59 Å². The molecular weight excluding hydrogens is 156 g/mol. The van der Waals surface area contributed by atoms with E-state index in [-0.39, 0.29) is 5.91 Å². The van der Waals surface area contributed by atoms with Gasteiger partial charge in [-0.15, -0.1) is 0 Å². The van der Waals surface area contributed by atoms with Crippen molar-refractivity contribution in [2.75, 3.05) is 26.2 Å². The minimum atomic E-state index is 0.0998. The SMILES string of the molecule is CC(=O)N1CCCN(C=O)CC1. The summed E-state index contributed by atoms with van der Waals surface area (Å²) < 4.78 is 0. The van der Waals surface area contributed by atoms with Crippen LogP contribution in [0.15, 0.2) is 0 Å². The first-order valence-electron chi connectivity index (χ1n) is 4.19. The summed E-state index contributed by atoms with van der Waals surface area (Å²) in [5.41, 5.74) is 0. The van der Waals surface area contributed by atoms with Crippen LogP contribution in [-0.2, 0) is 9.59 Å². The van der Waals surface area contributed by atoms with E-state index in [9.17, 15) is 9.59 Å². The summed E-state index contributed by atoms with van der Waals surface area (Å²) >= 11 is 0. The van der Waals surface area contributed by atoms with Gasteiger partial charge in [-0.2, -0.15) is 0 Å². The van der Waals surface area contributed by atoms with Gasteiger partial charge in [0.2, 0.25) is 12.3 Å². The fraction of sp³-hybridized carbons (Fsp3) is 0.750. The monoisotopic (exact) mass is 170 g/mol. The number of hydrogen-bond donors (Lipinski definition) is 0. The average Bonchev–Trinajstić information content (AvgIpc) is 2.28. The number of carbonyl (C=O) groups is 2. The summed E-state index contributed by atoms with van der Waals surface area (Å²) in [6.45, 7) is 4.46. The van der Waals surface area contributed by atoms with Gasteiger partial charge < -0.3 is 9.80 Å². The fourth-order valence-electron chi connectivity index (χ4n) is 1.36. The summed E-state index contributed by atoms with van der Waals surface area (Å²) in [7, 11) is 0. The molecule has 1 aliphatic heterocycles. The third-order valence-electron chi connectivity index (χ3n) is 2.12. The third kappa shape index (κ3) is 2.22. The summed E-state index contributed by atoms with van der Waals surface area (Å²) in [4.78, 5) is 24.9. The van der Waals surface area contributed by atoms with Gasteiger partial charge in [0.15, 0.2) is 0 Å². The van der Waals surface area contributed by atoms with Gasteiger partial charge >= 0.3 is 0 Å². The molecule has 1 heterocycles. The van der Waals surface area contributed by atoms with Crippen LogP contribution in [0.3, 0.4) is 0 Å². The van der Waals surface area contributed by atoms with Gasteiger partial charge in [-0.05, 0) is 6.42 Å². The van der Waals surface area contributed by atoms with E-state index in [0.717, 1.165) is 25.9 Å². The molecule has 1 rings (SSSR count). The molecule has 0 aromatic rings. The van der Waals surface area contributed by atoms with Gasteiger partial charge in [0, 0.05) is 33.1 Å². The van der Waals surface area contributed by atoms with Gasteiger partial charge in [-0.1, -0.05) is 0 Å². The molecule has 1 fully saturated rings. The molecule has 0 N–H and O–H groups in total. The summed E-state index contributed by atoms with van der Waals surface area (Å²) in [5.74, 6) is 0.0998. The van der Waals surface area contributed by atoms with Gasteiger partial charge in [-0.25, -0.2) is 0 Å². The van der Waals surface area contributed by atoms with Crippen molar-refractivity contribution in [3.8, 4) is 0 Å². The Hall–Kier alpha value is -1.06. The number of carbonyl (C=O) groups excluding carboxylic acids is 2. The van der Waals surface area contributed by atoms with Crippen LogP contribution >= 0.6 is 0 Å². The molecule has 0 aromatic heterocycles. The topological polar surface area (TPSA) is 40.6 Å². The molecule has 0 atom stereocenters. The van der Waals surface area contributed by atoms with Crippen molar-refractivity contribution in [1.29, 1.82) is 0 Å². The Morgan fingerprint density at radius 3 is 2.58 bits per heavy atom. The van der Waals surface area contributed by atoms with E-state index in [0.29, 0.717) is 13.1 Å². The van der Waals surface area contributed by atoms with Crippen molar-refractivity contribution in [2.24, 2.45) is 0 Å². The third-order valence-corrected chi connectivity index (χ3v) is 2.12. The lowest BCUT2D eigenvalue weighted by atomic mass is 10.4. The lowest BCUT2D eigenvalue weighted by molar-refractivity contribution is -0.129. The lowest BCUT2D eigenvalue weighted by Gasteiger charge is -2.17. The molecule has 0 spiro atoms. The number of rotatable bonds is 1. The van der Waals surface area contributed by atoms with Crippen LogP contribution in [0.2, 0.25) is 0 Å². The van der Waals surface area contributed by atoms with Gasteiger partial charge in [0.1, 0.15) is 0 Å². The van der Waals surface area contributed by atoms with Crippen LogP contribution in [0.1, 0.15) is 13.3 Å². The molecule has 0 bridgehead atoms. The first-order valence-corrected chi connectivity index (χ1v) is 4.19. The number of nitrogens with zero attached hydrogens (tertiary/aromatic N) is 2. The van der Waals surface area contributed by atoms with E-state index in [2.05, 4.69) is 0 Å². The molecule has 0 unspecified atom stereocenters. The zero-order valence-corrected chi connectivity index (χ0v) is 7.32. The van der Waals surface area contributed by atoms with E-state index in [1.807, 2.05) is 0 Å². The Kier molecular flexibility index (Phi) is 3.08. The molecule has 1 aliphatic rings. The molecule has 1 saturated heterocycles. The van der Waals surface area contributed by atoms with Crippen LogP contribution in [0.25, 0.3) is 0 Å². The minimum absolute atomic E-state index is 0.0998. The van der Waals surface area contributed by atoms with Crippen LogP contribution in [0, 0.1) is 0 Å². The molecule has 12 heavy (non-hydrogen) atoms. The van der Waals surface area contributed by atoms with Crippen molar-refractivity contribution < 1.29 is 9.59 Å². The predicted octanol–water partition coefficient (Wildman–Crippen LogP) is -0.303. The molecule has 0 radical (unpaired) electrons. The Labute approximate surface area is 72.1 Å². The van der Waals surface area contributed by atoms with Gasteiger partial charge in [0.05, 0.1) is 0 Å². The molecule has 68 valence electrons. The van der Waals surface area contributed by atoms with E-state index in [1.54, 1.807) is 16.7 Å². The second-order valence-electron chi connectivity index (χ2n) is 3.00. The highest BCUT2D eigenvalue weighted by Gasteiger charge is 2.14. The molecule has 4 nitrogen and oxygen atoms in total. The van der Waals surface area contributed by atoms with E-state index >= 15 is 0 Å². The number of amides is 2. The molecule has 2 amide bonds. The lowest BCUT2D eigenvalue weighted by Crippen LogP contribution is -2.33. The number of hydrogen-bond acceptors (Lipinski definition) is 2. The second kappa shape index (κ2) is 4.09. The fourth-order valence-corrected chi connectivity index (χ4v) is 1.36. The second-order valence-corrected chi connectivity index (χ2v) is 3.00.